The quantitative estimate of drug-likeness (QED) is 0.353. The van der Waals surface area contributed by atoms with Gasteiger partial charge in [-0.3, -0.25) is 0 Å². The van der Waals surface area contributed by atoms with Crippen LogP contribution in [0.25, 0.3) is 0 Å². The Balaban J connectivity index is 1.87. The average Bonchev–Trinajstić information content (AvgIpc) is 2.83. The van der Waals surface area contributed by atoms with Crippen molar-refractivity contribution in [3.05, 3.63) is 0 Å². The minimum Gasteiger partial charge on any atom is -0.484 e. The highest BCUT2D eigenvalue weighted by Gasteiger charge is 2.33. The SMILES string of the molecule is CCCCCCCCCCCC(=S)OCC1COC(C)(C)O1. The fourth-order valence-corrected chi connectivity index (χ4v) is 2.90. The van der Waals surface area contributed by atoms with E-state index in [0.717, 1.165) is 17.9 Å². The van der Waals surface area contributed by atoms with Gasteiger partial charge in [-0.1, -0.05) is 58.3 Å². The van der Waals surface area contributed by atoms with Gasteiger partial charge in [0.25, 0.3) is 0 Å². The molecule has 1 aliphatic heterocycles. The molecule has 0 radical (unpaired) electrons. The van der Waals surface area contributed by atoms with Crippen LogP contribution in [0, 0.1) is 0 Å². The van der Waals surface area contributed by atoms with Gasteiger partial charge in [-0.2, -0.15) is 0 Å². The zero-order valence-corrected chi connectivity index (χ0v) is 15.5. The first kappa shape index (κ1) is 19.9. The van der Waals surface area contributed by atoms with Gasteiger partial charge in [0.15, 0.2) is 10.8 Å². The Kier molecular flexibility index (Phi) is 10.3. The zero-order chi connectivity index (χ0) is 16.3. The van der Waals surface area contributed by atoms with Crippen LogP contribution in [0.15, 0.2) is 0 Å². The van der Waals surface area contributed by atoms with E-state index in [0.29, 0.717) is 13.2 Å². The fourth-order valence-electron chi connectivity index (χ4n) is 2.68. The van der Waals surface area contributed by atoms with Gasteiger partial charge >= 0.3 is 0 Å². The molecule has 4 heteroatoms. The Labute approximate surface area is 142 Å². The van der Waals surface area contributed by atoms with Crippen LogP contribution in [0.5, 0.6) is 0 Å². The monoisotopic (exact) mass is 330 g/mol. The predicted octanol–water partition coefficient (Wildman–Crippen LogP) is 5.40. The molecule has 1 fully saturated rings. The van der Waals surface area contributed by atoms with Crippen LogP contribution in [-0.4, -0.2) is 30.2 Å². The number of rotatable bonds is 12. The molecule has 0 saturated carbocycles. The summed E-state index contributed by atoms with van der Waals surface area (Å²) in [6.07, 6.45) is 12.9. The molecule has 1 saturated heterocycles. The van der Waals surface area contributed by atoms with Crippen molar-refractivity contribution in [2.75, 3.05) is 13.2 Å². The minimum atomic E-state index is -0.479. The van der Waals surface area contributed by atoms with Crippen LogP contribution in [0.2, 0.25) is 0 Å². The molecule has 1 rings (SSSR count). The molecule has 0 bridgehead atoms. The van der Waals surface area contributed by atoms with Crippen molar-refractivity contribution in [3.63, 3.8) is 0 Å². The van der Waals surface area contributed by atoms with E-state index in [1.807, 2.05) is 13.8 Å². The van der Waals surface area contributed by atoms with E-state index in [2.05, 4.69) is 6.92 Å². The third-order valence-electron chi connectivity index (χ3n) is 3.98. The van der Waals surface area contributed by atoms with E-state index in [-0.39, 0.29) is 6.10 Å². The van der Waals surface area contributed by atoms with Gasteiger partial charge in [-0.25, -0.2) is 0 Å². The molecule has 0 aromatic carbocycles. The van der Waals surface area contributed by atoms with E-state index >= 15 is 0 Å². The predicted molar refractivity (Wildman–Crippen MR) is 95.3 cm³/mol. The van der Waals surface area contributed by atoms with Crippen LogP contribution >= 0.6 is 12.2 Å². The second-order valence-corrected chi connectivity index (χ2v) is 7.17. The molecule has 0 aromatic rings. The zero-order valence-electron chi connectivity index (χ0n) is 14.7. The third kappa shape index (κ3) is 9.75. The first-order valence-corrected chi connectivity index (χ1v) is 9.41. The molecule has 1 heterocycles. The lowest BCUT2D eigenvalue weighted by Gasteiger charge is -2.17. The molecule has 0 amide bonds. The largest absolute Gasteiger partial charge is 0.484 e. The third-order valence-corrected chi connectivity index (χ3v) is 4.30. The number of hydrogen-bond acceptors (Lipinski definition) is 4. The van der Waals surface area contributed by atoms with Crippen LogP contribution < -0.4 is 0 Å². The first-order valence-electron chi connectivity index (χ1n) is 9.01. The molecule has 1 atom stereocenters. The summed E-state index contributed by atoms with van der Waals surface area (Å²) in [4.78, 5) is 0. The van der Waals surface area contributed by atoms with Crippen molar-refractivity contribution in [1.82, 2.24) is 0 Å². The highest BCUT2D eigenvalue weighted by molar-refractivity contribution is 7.80. The number of thiocarbonyl (C=S) groups is 1. The van der Waals surface area contributed by atoms with Gasteiger partial charge in [0, 0.05) is 6.42 Å². The molecule has 22 heavy (non-hydrogen) atoms. The Bertz CT molecular complexity index is 305. The lowest BCUT2D eigenvalue weighted by atomic mass is 10.1. The lowest BCUT2D eigenvalue weighted by molar-refractivity contribution is -0.141. The van der Waals surface area contributed by atoms with Gasteiger partial charge in [-0.05, 0) is 32.5 Å². The summed E-state index contributed by atoms with van der Waals surface area (Å²) < 4.78 is 16.8. The molecule has 3 nitrogen and oxygen atoms in total. The van der Waals surface area contributed by atoms with Gasteiger partial charge in [0.2, 0.25) is 0 Å². The second kappa shape index (κ2) is 11.4. The maximum Gasteiger partial charge on any atom is 0.163 e. The molecular formula is C18H34O3S. The molecule has 1 aliphatic rings. The smallest absolute Gasteiger partial charge is 0.163 e. The molecule has 0 spiro atoms. The van der Waals surface area contributed by atoms with E-state index in [9.17, 15) is 0 Å². The molecular weight excluding hydrogens is 296 g/mol. The van der Waals surface area contributed by atoms with Crippen LogP contribution in [0.1, 0.15) is 85.0 Å². The standard InChI is InChI=1S/C18H34O3S/c1-4-5-6-7-8-9-10-11-12-13-17(22)19-14-16-15-20-18(2,3)21-16/h16H,4-15H2,1-3H3. The van der Waals surface area contributed by atoms with Gasteiger partial charge in [0.05, 0.1) is 6.61 Å². The normalized spacial score (nSPS) is 20.2. The lowest BCUT2D eigenvalue weighted by Crippen LogP contribution is -2.24. The maximum atomic E-state index is 5.69. The summed E-state index contributed by atoms with van der Waals surface area (Å²) in [6.45, 7) is 7.21. The summed E-state index contributed by atoms with van der Waals surface area (Å²) >= 11 is 5.28. The minimum absolute atomic E-state index is 0.0103. The van der Waals surface area contributed by atoms with Gasteiger partial charge in [0.1, 0.15) is 12.7 Å². The van der Waals surface area contributed by atoms with Crippen molar-refractivity contribution in [3.8, 4) is 0 Å². The molecule has 1 unspecified atom stereocenters. The van der Waals surface area contributed by atoms with Crippen molar-refractivity contribution >= 4 is 17.3 Å². The van der Waals surface area contributed by atoms with Gasteiger partial charge in [-0.15, -0.1) is 0 Å². The Morgan fingerprint density at radius 1 is 1.05 bits per heavy atom. The second-order valence-electron chi connectivity index (χ2n) is 6.71. The Morgan fingerprint density at radius 3 is 2.18 bits per heavy atom. The summed E-state index contributed by atoms with van der Waals surface area (Å²) in [7, 11) is 0. The fraction of sp³-hybridized carbons (Fsp3) is 0.944. The molecule has 0 N–H and O–H groups in total. The van der Waals surface area contributed by atoms with Crippen LogP contribution in [0.4, 0.5) is 0 Å². The maximum absolute atomic E-state index is 5.69. The molecule has 0 aliphatic carbocycles. The summed E-state index contributed by atoms with van der Waals surface area (Å²) in [5.41, 5.74) is 0. The number of ether oxygens (including phenoxy) is 3. The number of hydrogen-bond donors (Lipinski definition) is 0. The summed E-state index contributed by atoms with van der Waals surface area (Å²) in [5.74, 6) is -0.479. The van der Waals surface area contributed by atoms with E-state index < -0.39 is 5.79 Å². The highest BCUT2D eigenvalue weighted by atomic mass is 32.1. The van der Waals surface area contributed by atoms with E-state index in [1.54, 1.807) is 0 Å². The Morgan fingerprint density at radius 2 is 1.64 bits per heavy atom. The van der Waals surface area contributed by atoms with Crippen molar-refractivity contribution in [2.24, 2.45) is 0 Å². The van der Waals surface area contributed by atoms with Crippen molar-refractivity contribution in [2.45, 2.75) is 96.9 Å². The first-order chi connectivity index (χ1) is 10.5. The van der Waals surface area contributed by atoms with Crippen molar-refractivity contribution < 1.29 is 14.2 Å². The van der Waals surface area contributed by atoms with Gasteiger partial charge < -0.3 is 14.2 Å². The van der Waals surface area contributed by atoms with Crippen LogP contribution in [-0.2, 0) is 14.2 Å². The number of unbranched alkanes of at least 4 members (excludes halogenated alkanes) is 8. The molecule has 0 aromatic heterocycles. The molecule has 130 valence electrons. The van der Waals surface area contributed by atoms with E-state index in [1.165, 1.54) is 51.4 Å². The topological polar surface area (TPSA) is 27.7 Å². The average molecular weight is 331 g/mol. The summed E-state index contributed by atoms with van der Waals surface area (Å²) in [5, 5.41) is 0.719. The highest BCUT2D eigenvalue weighted by Crippen LogP contribution is 2.22. The Hall–Kier alpha value is -0.190. The summed E-state index contributed by atoms with van der Waals surface area (Å²) in [6, 6.07) is 0. The van der Waals surface area contributed by atoms with E-state index in [4.69, 9.17) is 26.4 Å². The van der Waals surface area contributed by atoms with Crippen LogP contribution in [0.3, 0.4) is 0 Å². The van der Waals surface area contributed by atoms with Crippen molar-refractivity contribution in [1.29, 1.82) is 0 Å².